The van der Waals surface area contributed by atoms with Crippen LogP contribution < -0.4 is 5.73 Å². The Balaban J connectivity index is 1.85. The van der Waals surface area contributed by atoms with Gasteiger partial charge in [-0.05, 0) is 38.1 Å². The number of rotatable bonds is 4. The predicted octanol–water partition coefficient (Wildman–Crippen LogP) is 0.769. The number of hydrogen-bond acceptors (Lipinski definition) is 5. The molecule has 0 amide bonds. The van der Waals surface area contributed by atoms with E-state index >= 15 is 0 Å². The van der Waals surface area contributed by atoms with Crippen molar-refractivity contribution in [2.24, 2.45) is 11.7 Å². The molecule has 110 valence electrons. The molecule has 1 saturated heterocycles. The fourth-order valence-electron chi connectivity index (χ4n) is 3.32. The molecular formula is C14H26N2O3. The van der Waals surface area contributed by atoms with Gasteiger partial charge in [0.1, 0.15) is 5.54 Å². The van der Waals surface area contributed by atoms with Crippen molar-refractivity contribution in [2.45, 2.75) is 37.6 Å². The van der Waals surface area contributed by atoms with Gasteiger partial charge in [-0.15, -0.1) is 0 Å². The Morgan fingerprint density at radius 2 is 2.26 bits per heavy atom. The Labute approximate surface area is 115 Å². The highest BCUT2D eigenvalue weighted by molar-refractivity contribution is 5.81. The summed E-state index contributed by atoms with van der Waals surface area (Å²) in [5.74, 6) is 0.0123. The lowest BCUT2D eigenvalue weighted by Crippen LogP contribution is -2.52. The summed E-state index contributed by atoms with van der Waals surface area (Å²) in [6, 6.07) is 0. The van der Waals surface area contributed by atoms with Crippen molar-refractivity contribution < 1.29 is 14.3 Å². The fraction of sp³-hybridized carbons (Fsp3) is 0.929. The first-order valence-corrected chi connectivity index (χ1v) is 7.34. The Kier molecular flexibility index (Phi) is 5.19. The van der Waals surface area contributed by atoms with Crippen LogP contribution in [0, 0.1) is 5.92 Å². The Hall–Kier alpha value is -0.650. The van der Waals surface area contributed by atoms with Gasteiger partial charge >= 0.3 is 5.97 Å². The van der Waals surface area contributed by atoms with Crippen molar-refractivity contribution in [3.8, 4) is 0 Å². The molecule has 5 heteroatoms. The SMILES string of the molecule is COC(=O)C1(N)CCCC1CCN1CCCOCC1. The molecule has 1 aliphatic heterocycles. The van der Waals surface area contributed by atoms with E-state index in [2.05, 4.69) is 4.90 Å². The molecule has 0 aromatic heterocycles. The molecule has 2 fully saturated rings. The first kappa shape index (κ1) is 14.8. The van der Waals surface area contributed by atoms with Gasteiger partial charge in [0.05, 0.1) is 13.7 Å². The lowest BCUT2D eigenvalue weighted by Gasteiger charge is -2.30. The van der Waals surface area contributed by atoms with Gasteiger partial charge in [0, 0.05) is 19.7 Å². The Morgan fingerprint density at radius 1 is 1.42 bits per heavy atom. The molecular weight excluding hydrogens is 244 g/mol. The van der Waals surface area contributed by atoms with Crippen molar-refractivity contribution in [1.82, 2.24) is 4.90 Å². The summed E-state index contributed by atoms with van der Waals surface area (Å²) in [7, 11) is 1.43. The molecule has 2 aliphatic rings. The van der Waals surface area contributed by atoms with E-state index in [-0.39, 0.29) is 11.9 Å². The minimum absolute atomic E-state index is 0.241. The molecule has 1 aliphatic carbocycles. The minimum atomic E-state index is -0.753. The van der Waals surface area contributed by atoms with Gasteiger partial charge in [0.25, 0.3) is 0 Å². The molecule has 2 N–H and O–H groups in total. The zero-order chi connectivity index (χ0) is 13.7. The summed E-state index contributed by atoms with van der Waals surface area (Å²) in [5, 5.41) is 0. The molecule has 0 spiro atoms. The minimum Gasteiger partial charge on any atom is -0.468 e. The third kappa shape index (κ3) is 3.46. The smallest absolute Gasteiger partial charge is 0.326 e. The van der Waals surface area contributed by atoms with Gasteiger partial charge in [-0.2, -0.15) is 0 Å². The summed E-state index contributed by atoms with van der Waals surface area (Å²) < 4.78 is 10.3. The van der Waals surface area contributed by atoms with Gasteiger partial charge in [0.2, 0.25) is 0 Å². The molecule has 0 radical (unpaired) electrons. The first-order chi connectivity index (χ1) is 9.16. The summed E-state index contributed by atoms with van der Waals surface area (Å²) in [6.45, 7) is 4.76. The lowest BCUT2D eigenvalue weighted by molar-refractivity contribution is -0.148. The van der Waals surface area contributed by atoms with Crippen molar-refractivity contribution >= 4 is 5.97 Å². The molecule has 0 aromatic rings. The standard InChI is InChI=1S/C14H26N2O3/c1-18-13(17)14(15)6-2-4-12(14)5-8-16-7-3-10-19-11-9-16/h12H,2-11,15H2,1H3. The second-order valence-corrected chi connectivity index (χ2v) is 5.72. The van der Waals surface area contributed by atoms with Crippen LogP contribution in [0.3, 0.4) is 0 Å². The van der Waals surface area contributed by atoms with E-state index in [1.807, 2.05) is 0 Å². The predicted molar refractivity (Wildman–Crippen MR) is 72.8 cm³/mol. The number of carbonyl (C=O) groups excluding carboxylic acids is 1. The van der Waals surface area contributed by atoms with Crippen LogP contribution in [0.2, 0.25) is 0 Å². The molecule has 2 rings (SSSR count). The summed E-state index contributed by atoms with van der Waals surface area (Å²) in [6.07, 6.45) is 4.89. The highest BCUT2D eigenvalue weighted by atomic mass is 16.5. The quantitative estimate of drug-likeness (QED) is 0.764. The van der Waals surface area contributed by atoms with Gasteiger partial charge < -0.3 is 20.1 Å². The zero-order valence-electron chi connectivity index (χ0n) is 11.9. The van der Waals surface area contributed by atoms with Gasteiger partial charge in [-0.1, -0.05) is 6.42 Å². The van der Waals surface area contributed by atoms with Crippen molar-refractivity contribution in [3.63, 3.8) is 0 Å². The van der Waals surface area contributed by atoms with Crippen molar-refractivity contribution in [2.75, 3.05) is 40.0 Å². The average Bonchev–Trinajstić information content (AvgIpc) is 2.65. The van der Waals surface area contributed by atoms with Gasteiger partial charge in [-0.3, -0.25) is 4.79 Å². The maximum Gasteiger partial charge on any atom is 0.326 e. The number of nitrogens with zero attached hydrogens (tertiary/aromatic N) is 1. The number of carbonyl (C=O) groups is 1. The topological polar surface area (TPSA) is 64.8 Å². The molecule has 2 atom stereocenters. The normalized spacial score (nSPS) is 33.1. The number of hydrogen-bond donors (Lipinski definition) is 1. The van der Waals surface area contributed by atoms with E-state index < -0.39 is 5.54 Å². The largest absolute Gasteiger partial charge is 0.468 e. The van der Waals surface area contributed by atoms with E-state index in [0.29, 0.717) is 0 Å². The van der Waals surface area contributed by atoms with Crippen molar-refractivity contribution in [1.29, 1.82) is 0 Å². The molecule has 19 heavy (non-hydrogen) atoms. The highest BCUT2D eigenvalue weighted by Gasteiger charge is 2.46. The number of ether oxygens (including phenoxy) is 2. The summed E-state index contributed by atoms with van der Waals surface area (Å²) >= 11 is 0. The van der Waals surface area contributed by atoms with Crippen LogP contribution in [-0.4, -0.2) is 56.4 Å². The van der Waals surface area contributed by atoms with Crippen LogP contribution in [0.15, 0.2) is 0 Å². The maximum absolute atomic E-state index is 11.9. The molecule has 2 unspecified atom stereocenters. The number of nitrogens with two attached hydrogens (primary N) is 1. The van der Waals surface area contributed by atoms with Gasteiger partial charge in [-0.25, -0.2) is 0 Å². The molecule has 1 saturated carbocycles. The van der Waals surface area contributed by atoms with E-state index in [0.717, 1.165) is 65.0 Å². The van der Waals surface area contributed by atoms with E-state index in [1.165, 1.54) is 7.11 Å². The zero-order valence-corrected chi connectivity index (χ0v) is 11.9. The third-order valence-corrected chi connectivity index (χ3v) is 4.55. The first-order valence-electron chi connectivity index (χ1n) is 7.34. The number of esters is 1. The summed E-state index contributed by atoms with van der Waals surface area (Å²) in [4.78, 5) is 14.3. The molecule has 5 nitrogen and oxygen atoms in total. The Bertz CT molecular complexity index is 303. The van der Waals surface area contributed by atoms with Gasteiger partial charge in [0.15, 0.2) is 0 Å². The van der Waals surface area contributed by atoms with Crippen molar-refractivity contribution in [3.05, 3.63) is 0 Å². The average molecular weight is 270 g/mol. The molecule has 1 heterocycles. The maximum atomic E-state index is 11.9. The van der Waals surface area contributed by atoms with Crippen LogP contribution in [0.1, 0.15) is 32.1 Å². The van der Waals surface area contributed by atoms with E-state index in [9.17, 15) is 4.79 Å². The summed E-state index contributed by atoms with van der Waals surface area (Å²) in [5.41, 5.74) is 5.53. The van der Waals surface area contributed by atoms with Crippen LogP contribution in [-0.2, 0) is 14.3 Å². The van der Waals surface area contributed by atoms with E-state index in [4.69, 9.17) is 15.2 Å². The second kappa shape index (κ2) is 6.68. The van der Waals surface area contributed by atoms with Crippen LogP contribution in [0.4, 0.5) is 0 Å². The van der Waals surface area contributed by atoms with E-state index in [1.54, 1.807) is 0 Å². The highest BCUT2D eigenvalue weighted by Crippen LogP contribution is 2.37. The third-order valence-electron chi connectivity index (χ3n) is 4.55. The molecule has 0 bridgehead atoms. The number of methoxy groups -OCH3 is 1. The Morgan fingerprint density at radius 3 is 3.05 bits per heavy atom. The second-order valence-electron chi connectivity index (χ2n) is 5.72. The lowest BCUT2D eigenvalue weighted by atomic mass is 9.85. The molecule has 0 aromatic carbocycles. The van der Waals surface area contributed by atoms with Crippen LogP contribution >= 0.6 is 0 Å². The van der Waals surface area contributed by atoms with Crippen LogP contribution in [0.5, 0.6) is 0 Å². The van der Waals surface area contributed by atoms with Crippen LogP contribution in [0.25, 0.3) is 0 Å². The fourth-order valence-corrected chi connectivity index (χ4v) is 3.32. The monoisotopic (exact) mass is 270 g/mol.